The number of hydroxylamine groups is 2. The minimum absolute atomic E-state index is 0.0174. The highest BCUT2D eigenvalue weighted by Crippen LogP contribution is 2.29. The molecule has 0 aliphatic carbocycles. The average Bonchev–Trinajstić information content (AvgIpc) is 2.67. The number of carbonyl (C=O) groups is 3. The van der Waals surface area contributed by atoms with Gasteiger partial charge in [0.1, 0.15) is 0 Å². The van der Waals surface area contributed by atoms with E-state index in [0.717, 1.165) is 10.5 Å². The second kappa shape index (κ2) is 5.09. The Morgan fingerprint density at radius 1 is 1.26 bits per heavy atom. The van der Waals surface area contributed by atoms with Gasteiger partial charge in [0.25, 0.3) is 11.8 Å². The van der Waals surface area contributed by atoms with Crippen molar-refractivity contribution in [1.29, 1.82) is 0 Å². The molecule has 0 bridgehead atoms. The number of benzene rings is 1. The van der Waals surface area contributed by atoms with Crippen molar-refractivity contribution in [2.45, 2.75) is 12.3 Å². The van der Waals surface area contributed by atoms with Crippen molar-refractivity contribution in [2.24, 2.45) is 0 Å². The molecule has 1 atom stereocenters. The maximum absolute atomic E-state index is 12.1. The van der Waals surface area contributed by atoms with Gasteiger partial charge in [-0.2, -0.15) is 0 Å². The molecular formula is C13H14N2O4. The molecular weight excluding hydrogens is 248 g/mol. The minimum Gasteiger partial charge on any atom is -0.312 e. The molecule has 1 aromatic rings. The number of carbonyl (C=O) groups excluding carboxylic acids is 3. The number of imide groups is 1. The van der Waals surface area contributed by atoms with Crippen LogP contribution in [0.15, 0.2) is 30.3 Å². The van der Waals surface area contributed by atoms with E-state index in [-0.39, 0.29) is 6.42 Å². The van der Waals surface area contributed by atoms with E-state index in [1.165, 1.54) is 14.1 Å². The van der Waals surface area contributed by atoms with Crippen LogP contribution in [-0.2, 0) is 14.4 Å². The van der Waals surface area contributed by atoms with E-state index in [2.05, 4.69) is 0 Å². The molecule has 1 saturated heterocycles. The molecule has 1 aliphatic heterocycles. The third-order valence-corrected chi connectivity index (χ3v) is 2.84. The molecule has 19 heavy (non-hydrogen) atoms. The van der Waals surface area contributed by atoms with Gasteiger partial charge in [0, 0.05) is 20.5 Å². The van der Waals surface area contributed by atoms with E-state index in [4.69, 9.17) is 4.84 Å². The normalized spacial score (nSPS) is 18.6. The molecule has 6 nitrogen and oxygen atoms in total. The molecule has 1 aromatic carbocycles. The van der Waals surface area contributed by atoms with Gasteiger partial charge in [-0.15, -0.1) is 5.06 Å². The topological polar surface area (TPSA) is 66.9 Å². The molecule has 0 radical (unpaired) electrons. The lowest BCUT2D eigenvalue weighted by Gasteiger charge is -2.16. The molecule has 3 amide bonds. The van der Waals surface area contributed by atoms with Gasteiger partial charge in [-0.25, -0.2) is 4.79 Å². The fourth-order valence-corrected chi connectivity index (χ4v) is 1.81. The van der Waals surface area contributed by atoms with E-state index in [9.17, 15) is 14.4 Å². The minimum atomic E-state index is -0.754. The summed E-state index contributed by atoms with van der Waals surface area (Å²) in [5, 5.41) is 0.556. The van der Waals surface area contributed by atoms with E-state index in [0.29, 0.717) is 5.06 Å². The summed E-state index contributed by atoms with van der Waals surface area (Å²) in [5.41, 5.74) is 0.740. The molecule has 0 unspecified atom stereocenters. The Labute approximate surface area is 110 Å². The summed E-state index contributed by atoms with van der Waals surface area (Å²) in [6.45, 7) is 0. The summed E-state index contributed by atoms with van der Waals surface area (Å²) >= 11 is 0. The Bertz CT molecular complexity index is 513. The van der Waals surface area contributed by atoms with Crippen LogP contribution in [-0.4, -0.2) is 42.0 Å². The predicted molar refractivity (Wildman–Crippen MR) is 65.8 cm³/mol. The number of hydrogen-bond donors (Lipinski definition) is 0. The van der Waals surface area contributed by atoms with Crippen molar-refractivity contribution in [2.75, 3.05) is 14.1 Å². The maximum Gasteiger partial charge on any atom is 0.434 e. The SMILES string of the molecule is CN(C)C(=O)ON1C(=O)C[C@H](c2ccccc2)C1=O. The van der Waals surface area contributed by atoms with Gasteiger partial charge in [0.05, 0.1) is 5.92 Å². The number of rotatable bonds is 2. The lowest BCUT2D eigenvalue weighted by Crippen LogP contribution is -2.37. The summed E-state index contributed by atoms with van der Waals surface area (Å²) in [6.07, 6.45) is -0.737. The largest absolute Gasteiger partial charge is 0.434 e. The summed E-state index contributed by atoms with van der Waals surface area (Å²) in [4.78, 5) is 41.1. The van der Waals surface area contributed by atoms with Gasteiger partial charge in [0.15, 0.2) is 0 Å². The van der Waals surface area contributed by atoms with Crippen molar-refractivity contribution in [1.82, 2.24) is 9.96 Å². The van der Waals surface area contributed by atoms with E-state index >= 15 is 0 Å². The van der Waals surface area contributed by atoms with Crippen molar-refractivity contribution in [3.05, 3.63) is 35.9 Å². The molecule has 0 spiro atoms. The third-order valence-electron chi connectivity index (χ3n) is 2.84. The van der Waals surface area contributed by atoms with Crippen LogP contribution < -0.4 is 0 Å². The number of hydrogen-bond acceptors (Lipinski definition) is 4. The van der Waals surface area contributed by atoms with E-state index in [1.807, 2.05) is 6.07 Å². The first kappa shape index (κ1) is 13.1. The standard InChI is InChI=1S/C13H14N2O4/c1-14(2)13(18)19-15-11(16)8-10(12(15)17)9-6-4-3-5-7-9/h3-7,10H,8H2,1-2H3/t10-/m1/s1. The highest BCUT2D eigenvalue weighted by Gasteiger charge is 2.42. The average molecular weight is 262 g/mol. The zero-order valence-electron chi connectivity index (χ0n) is 10.7. The van der Waals surface area contributed by atoms with Gasteiger partial charge in [-0.3, -0.25) is 9.59 Å². The Balaban J connectivity index is 2.15. The number of amides is 3. The predicted octanol–water partition coefficient (Wildman–Crippen LogP) is 1.14. The van der Waals surface area contributed by atoms with Crippen LogP contribution in [0, 0.1) is 0 Å². The molecule has 1 aliphatic rings. The van der Waals surface area contributed by atoms with Crippen LogP contribution in [0.1, 0.15) is 17.9 Å². The van der Waals surface area contributed by atoms with Crippen molar-refractivity contribution >= 4 is 17.9 Å². The Hall–Kier alpha value is -2.37. The van der Waals surface area contributed by atoms with Crippen LogP contribution in [0.25, 0.3) is 0 Å². The van der Waals surface area contributed by atoms with Crippen LogP contribution in [0.4, 0.5) is 4.79 Å². The second-order valence-electron chi connectivity index (χ2n) is 4.45. The zero-order valence-corrected chi connectivity index (χ0v) is 10.7. The lowest BCUT2D eigenvalue weighted by atomic mass is 9.98. The quantitative estimate of drug-likeness (QED) is 0.750. The third kappa shape index (κ3) is 2.57. The molecule has 1 fully saturated rings. The van der Waals surface area contributed by atoms with E-state index in [1.54, 1.807) is 24.3 Å². The molecule has 2 rings (SSSR count). The van der Waals surface area contributed by atoms with Gasteiger partial charge in [-0.05, 0) is 5.56 Å². The second-order valence-corrected chi connectivity index (χ2v) is 4.45. The Kier molecular flexibility index (Phi) is 3.50. The summed E-state index contributed by atoms with van der Waals surface area (Å²) in [6, 6.07) is 8.96. The molecule has 0 N–H and O–H groups in total. The van der Waals surface area contributed by atoms with Crippen LogP contribution in [0.2, 0.25) is 0 Å². The first-order valence-electron chi connectivity index (χ1n) is 5.81. The highest BCUT2D eigenvalue weighted by atomic mass is 16.7. The van der Waals surface area contributed by atoms with Crippen LogP contribution in [0.5, 0.6) is 0 Å². The molecule has 0 aromatic heterocycles. The maximum atomic E-state index is 12.1. The van der Waals surface area contributed by atoms with Gasteiger partial charge in [0.2, 0.25) is 0 Å². The summed E-state index contributed by atoms with van der Waals surface area (Å²) < 4.78 is 0. The van der Waals surface area contributed by atoms with E-state index < -0.39 is 23.8 Å². The Morgan fingerprint density at radius 2 is 1.89 bits per heavy atom. The van der Waals surface area contributed by atoms with Gasteiger partial charge in [-0.1, -0.05) is 30.3 Å². The molecule has 1 heterocycles. The first-order valence-corrected chi connectivity index (χ1v) is 5.81. The first-order chi connectivity index (χ1) is 9.00. The highest BCUT2D eigenvalue weighted by molar-refractivity contribution is 6.05. The smallest absolute Gasteiger partial charge is 0.312 e. The summed E-state index contributed by atoms with van der Waals surface area (Å²) in [7, 11) is 2.95. The molecule has 6 heteroatoms. The van der Waals surface area contributed by atoms with Gasteiger partial charge >= 0.3 is 6.09 Å². The lowest BCUT2D eigenvalue weighted by molar-refractivity contribution is -0.173. The molecule has 0 saturated carbocycles. The number of nitrogens with zero attached hydrogens (tertiary/aromatic N) is 2. The fraction of sp³-hybridized carbons (Fsp3) is 0.308. The fourth-order valence-electron chi connectivity index (χ4n) is 1.81. The van der Waals surface area contributed by atoms with Crippen molar-refractivity contribution < 1.29 is 19.2 Å². The van der Waals surface area contributed by atoms with Crippen molar-refractivity contribution in [3.63, 3.8) is 0 Å². The van der Waals surface area contributed by atoms with Crippen molar-refractivity contribution in [3.8, 4) is 0 Å². The molecule has 100 valence electrons. The Morgan fingerprint density at radius 3 is 2.47 bits per heavy atom. The van der Waals surface area contributed by atoms with Gasteiger partial charge < -0.3 is 9.74 Å². The van der Waals surface area contributed by atoms with Crippen LogP contribution in [0.3, 0.4) is 0 Å². The summed E-state index contributed by atoms with van der Waals surface area (Å²) in [5.74, 6) is -1.59. The van der Waals surface area contributed by atoms with Crippen LogP contribution >= 0.6 is 0 Å². The zero-order chi connectivity index (χ0) is 14.0. The monoisotopic (exact) mass is 262 g/mol.